The summed E-state index contributed by atoms with van der Waals surface area (Å²) in [5.74, 6) is 0.596. The molecule has 1 amide bonds. The number of piperazine rings is 1. The second kappa shape index (κ2) is 9.01. The third-order valence-electron chi connectivity index (χ3n) is 5.28. The molecule has 2 aromatic rings. The van der Waals surface area contributed by atoms with Gasteiger partial charge in [0.2, 0.25) is 0 Å². The van der Waals surface area contributed by atoms with Crippen LogP contribution in [0.1, 0.15) is 29.9 Å². The topological polar surface area (TPSA) is 64.6 Å². The molecule has 0 spiro atoms. The fraction of sp³-hybridized carbons (Fsp3) is 0.476. The van der Waals surface area contributed by atoms with Crippen LogP contribution in [0.15, 0.2) is 30.6 Å². The van der Waals surface area contributed by atoms with Gasteiger partial charge in [-0.1, -0.05) is 0 Å². The second-order valence-corrected chi connectivity index (χ2v) is 7.18. The molecule has 1 aliphatic rings. The van der Waals surface area contributed by atoms with Crippen LogP contribution >= 0.6 is 0 Å². The summed E-state index contributed by atoms with van der Waals surface area (Å²) in [6.07, 6.45) is 1.45. The Morgan fingerprint density at radius 3 is 2.46 bits per heavy atom. The van der Waals surface area contributed by atoms with E-state index in [1.54, 1.807) is 6.07 Å². The molecule has 28 heavy (non-hydrogen) atoms. The van der Waals surface area contributed by atoms with Crippen LogP contribution in [0, 0.1) is 6.92 Å². The van der Waals surface area contributed by atoms with Gasteiger partial charge >= 0.3 is 0 Å². The fourth-order valence-electron chi connectivity index (χ4n) is 3.43. The van der Waals surface area contributed by atoms with Gasteiger partial charge in [-0.3, -0.25) is 4.79 Å². The molecule has 7 heteroatoms. The van der Waals surface area contributed by atoms with Crippen molar-refractivity contribution in [2.75, 3.05) is 56.5 Å². The van der Waals surface area contributed by atoms with Crippen LogP contribution in [0.25, 0.3) is 0 Å². The number of benzene rings is 1. The van der Waals surface area contributed by atoms with Crippen molar-refractivity contribution in [3.63, 3.8) is 0 Å². The maximum Gasteiger partial charge on any atom is 0.272 e. The van der Waals surface area contributed by atoms with Gasteiger partial charge in [0, 0.05) is 56.7 Å². The zero-order valence-electron chi connectivity index (χ0n) is 17.3. The largest absolute Gasteiger partial charge is 0.372 e. The van der Waals surface area contributed by atoms with Gasteiger partial charge in [0.05, 0.1) is 0 Å². The number of carbonyl (C=O) groups excluding carboxylic acids is 1. The lowest BCUT2D eigenvalue weighted by Gasteiger charge is -2.32. The molecule has 2 heterocycles. The molecule has 7 nitrogen and oxygen atoms in total. The number of aryl methyl sites for hydroxylation is 1. The van der Waals surface area contributed by atoms with Crippen LogP contribution in [0.2, 0.25) is 0 Å². The summed E-state index contributed by atoms with van der Waals surface area (Å²) in [6.45, 7) is 11.6. The Balaban J connectivity index is 1.73. The minimum Gasteiger partial charge on any atom is -0.372 e. The molecule has 0 atom stereocenters. The van der Waals surface area contributed by atoms with Crippen LogP contribution < -0.4 is 10.2 Å². The van der Waals surface area contributed by atoms with Gasteiger partial charge in [0.1, 0.15) is 17.8 Å². The SMILES string of the molecule is CCN(CC)c1ccc(Nc2cc(C(=O)N3CCN(C)CC3)ncn2)c(C)c1. The van der Waals surface area contributed by atoms with Crippen LogP contribution in [0.3, 0.4) is 0 Å². The summed E-state index contributed by atoms with van der Waals surface area (Å²) in [7, 11) is 2.07. The number of hydrogen-bond acceptors (Lipinski definition) is 6. The molecule has 0 bridgehead atoms. The Bertz CT molecular complexity index is 812. The Kier molecular flexibility index (Phi) is 6.46. The van der Waals surface area contributed by atoms with Gasteiger partial charge in [0.15, 0.2) is 0 Å². The van der Waals surface area contributed by atoms with Gasteiger partial charge in [-0.2, -0.15) is 0 Å². The van der Waals surface area contributed by atoms with Gasteiger partial charge < -0.3 is 20.0 Å². The van der Waals surface area contributed by atoms with E-state index in [4.69, 9.17) is 0 Å². The zero-order valence-corrected chi connectivity index (χ0v) is 17.3. The smallest absolute Gasteiger partial charge is 0.272 e. The average Bonchev–Trinajstić information content (AvgIpc) is 2.71. The molecule has 150 valence electrons. The summed E-state index contributed by atoms with van der Waals surface area (Å²) in [5, 5.41) is 3.33. The molecule has 1 N–H and O–H groups in total. The number of likely N-dealkylation sites (N-methyl/N-ethyl adjacent to an activating group) is 1. The van der Waals surface area contributed by atoms with Crippen LogP contribution in [0.5, 0.6) is 0 Å². The first-order valence-corrected chi connectivity index (χ1v) is 9.94. The van der Waals surface area contributed by atoms with Crippen molar-refractivity contribution in [2.24, 2.45) is 0 Å². The van der Waals surface area contributed by atoms with Crippen molar-refractivity contribution >= 4 is 23.1 Å². The lowest BCUT2D eigenvalue weighted by atomic mass is 10.1. The maximum atomic E-state index is 12.7. The Hall–Kier alpha value is -2.67. The molecule has 0 radical (unpaired) electrons. The highest BCUT2D eigenvalue weighted by atomic mass is 16.2. The number of nitrogens with one attached hydrogen (secondary N) is 1. The van der Waals surface area contributed by atoms with E-state index in [-0.39, 0.29) is 5.91 Å². The van der Waals surface area contributed by atoms with Gasteiger partial charge in [-0.25, -0.2) is 9.97 Å². The second-order valence-electron chi connectivity index (χ2n) is 7.18. The summed E-state index contributed by atoms with van der Waals surface area (Å²) < 4.78 is 0. The Morgan fingerprint density at radius 1 is 1.11 bits per heavy atom. The van der Waals surface area contributed by atoms with Crippen molar-refractivity contribution in [2.45, 2.75) is 20.8 Å². The van der Waals surface area contributed by atoms with E-state index in [1.165, 1.54) is 12.0 Å². The number of carbonyl (C=O) groups is 1. The minimum absolute atomic E-state index is 0.0350. The summed E-state index contributed by atoms with van der Waals surface area (Å²) in [5.41, 5.74) is 3.75. The fourth-order valence-corrected chi connectivity index (χ4v) is 3.43. The number of anilines is 3. The molecule has 0 aliphatic carbocycles. The standard InChI is InChI=1S/C21H30N6O/c1-5-26(6-2)17-7-8-18(16(3)13-17)24-20-14-19(22-15-23-20)21(28)27-11-9-25(4)10-12-27/h7-8,13-15H,5-6,9-12H2,1-4H3,(H,22,23,24). The molecule has 1 saturated heterocycles. The zero-order chi connectivity index (χ0) is 20.1. The third-order valence-corrected chi connectivity index (χ3v) is 5.28. The first kappa shape index (κ1) is 20.1. The molecule has 1 aliphatic heterocycles. The number of rotatable bonds is 6. The summed E-state index contributed by atoms with van der Waals surface area (Å²) in [6, 6.07) is 8.08. The quantitative estimate of drug-likeness (QED) is 0.829. The predicted octanol–water partition coefficient (Wildman–Crippen LogP) is 2.76. The summed E-state index contributed by atoms with van der Waals surface area (Å²) >= 11 is 0. The molecule has 1 aromatic heterocycles. The molecule has 0 unspecified atom stereocenters. The van der Waals surface area contributed by atoms with E-state index in [0.717, 1.165) is 50.5 Å². The monoisotopic (exact) mass is 382 g/mol. The van der Waals surface area contributed by atoms with E-state index < -0.39 is 0 Å². The normalized spacial score (nSPS) is 14.8. The van der Waals surface area contributed by atoms with Crippen LogP contribution in [-0.2, 0) is 0 Å². The third kappa shape index (κ3) is 4.59. The van der Waals surface area contributed by atoms with Gasteiger partial charge in [-0.05, 0) is 51.6 Å². The number of hydrogen-bond donors (Lipinski definition) is 1. The molecular formula is C21H30N6O. The molecular weight excluding hydrogens is 352 g/mol. The summed E-state index contributed by atoms with van der Waals surface area (Å²) in [4.78, 5) is 27.6. The highest BCUT2D eigenvalue weighted by Gasteiger charge is 2.21. The van der Waals surface area contributed by atoms with Crippen LogP contribution in [0.4, 0.5) is 17.2 Å². The van der Waals surface area contributed by atoms with Crippen molar-refractivity contribution in [3.8, 4) is 0 Å². The first-order valence-electron chi connectivity index (χ1n) is 9.94. The van der Waals surface area contributed by atoms with Crippen molar-refractivity contribution < 1.29 is 4.79 Å². The highest BCUT2D eigenvalue weighted by molar-refractivity contribution is 5.93. The van der Waals surface area contributed by atoms with Gasteiger partial charge in [-0.15, -0.1) is 0 Å². The molecule has 0 saturated carbocycles. The van der Waals surface area contributed by atoms with Crippen LogP contribution in [-0.4, -0.2) is 72.0 Å². The van der Waals surface area contributed by atoms with E-state index in [0.29, 0.717) is 11.5 Å². The number of amides is 1. The first-order chi connectivity index (χ1) is 13.5. The predicted molar refractivity (Wildman–Crippen MR) is 113 cm³/mol. The lowest BCUT2D eigenvalue weighted by molar-refractivity contribution is 0.0658. The Labute approximate surface area is 167 Å². The minimum atomic E-state index is -0.0350. The van der Waals surface area contributed by atoms with Crippen molar-refractivity contribution in [1.29, 1.82) is 0 Å². The highest BCUT2D eigenvalue weighted by Crippen LogP contribution is 2.25. The van der Waals surface area contributed by atoms with Gasteiger partial charge in [0.25, 0.3) is 5.91 Å². The number of nitrogens with zero attached hydrogens (tertiary/aromatic N) is 5. The van der Waals surface area contributed by atoms with E-state index in [2.05, 4.69) is 71.1 Å². The molecule has 3 rings (SSSR count). The van der Waals surface area contributed by atoms with E-state index in [9.17, 15) is 4.79 Å². The van der Waals surface area contributed by atoms with Crippen molar-refractivity contribution in [3.05, 3.63) is 41.9 Å². The molecule has 1 aromatic carbocycles. The van der Waals surface area contributed by atoms with Crippen molar-refractivity contribution in [1.82, 2.24) is 19.8 Å². The maximum absolute atomic E-state index is 12.7. The van der Waals surface area contributed by atoms with E-state index in [1.807, 2.05) is 4.90 Å². The van der Waals surface area contributed by atoms with E-state index >= 15 is 0 Å². The molecule has 1 fully saturated rings. The number of aromatic nitrogens is 2. The average molecular weight is 383 g/mol. The Morgan fingerprint density at radius 2 is 1.82 bits per heavy atom. The lowest BCUT2D eigenvalue weighted by Crippen LogP contribution is -2.47.